The van der Waals surface area contributed by atoms with Gasteiger partial charge < -0.3 is 20.1 Å². The number of phenols is 1. The third kappa shape index (κ3) is 3.74. The average molecular weight is 561 g/mol. The van der Waals surface area contributed by atoms with Gasteiger partial charge in [0.25, 0.3) is 0 Å². The Balaban J connectivity index is 1.27. The summed E-state index contributed by atoms with van der Waals surface area (Å²) in [5.74, 6) is 0.0933. The van der Waals surface area contributed by atoms with Crippen molar-refractivity contribution in [3.63, 3.8) is 0 Å². The predicted octanol–water partition coefficient (Wildman–Crippen LogP) is 4.90. The minimum atomic E-state index is -0.582. The van der Waals surface area contributed by atoms with Crippen molar-refractivity contribution >= 4 is 39.1 Å². The molecular formula is C30H30ClFN6O2. The first-order valence-electron chi connectivity index (χ1n) is 14.1. The summed E-state index contributed by atoms with van der Waals surface area (Å²) >= 11 is 6.56. The maximum atomic E-state index is 16.6. The minimum Gasteiger partial charge on any atom is -0.508 e. The van der Waals surface area contributed by atoms with E-state index in [-0.39, 0.29) is 34.6 Å². The second-order valence-electron chi connectivity index (χ2n) is 11.7. The maximum Gasteiger partial charge on any atom is 0.319 e. The van der Waals surface area contributed by atoms with Crippen LogP contribution in [0.3, 0.4) is 0 Å². The molecule has 0 radical (unpaired) electrons. The summed E-state index contributed by atoms with van der Waals surface area (Å²) in [6.07, 6.45) is 7.21. The number of benzene rings is 2. The molecular weight excluding hydrogens is 531 g/mol. The second-order valence-corrected chi connectivity index (χ2v) is 12.1. The molecule has 2 aromatic heterocycles. The first-order valence-corrected chi connectivity index (χ1v) is 14.5. The van der Waals surface area contributed by atoms with Crippen LogP contribution in [0.4, 0.5) is 10.2 Å². The second kappa shape index (κ2) is 9.12. The molecule has 4 saturated heterocycles. The lowest BCUT2D eigenvalue weighted by Crippen LogP contribution is -2.44. The Hall–Kier alpha value is -3.27. The van der Waals surface area contributed by atoms with Gasteiger partial charge >= 0.3 is 6.01 Å². The van der Waals surface area contributed by atoms with Crippen LogP contribution in [0.5, 0.6) is 11.8 Å². The highest BCUT2D eigenvalue weighted by Crippen LogP contribution is 2.42. The molecule has 0 spiro atoms. The quantitative estimate of drug-likeness (QED) is 0.356. The zero-order chi connectivity index (χ0) is 27.0. The van der Waals surface area contributed by atoms with Crippen LogP contribution in [0.2, 0.25) is 5.02 Å². The van der Waals surface area contributed by atoms with E-state index in [2.05, 4.69) is 25.1 Å². The molecule has 4 aliphatic rings. The lowest BCUT2D eigenvalue weighted by Gasteiger charge is -2.32. The first-order chi connectivity index (χ1) is 19.5. The van der Waals surface area contributed by atoms with E-state index < -0.39 is 5.82 Å². The molecule has 2 aromatic carbocycles. The molecule has 0 saturated carbocycles. The maximum absolute atomic E-state index is 16.6. The van der Waals surface area contributed by atoms with Crippen molar-refractivity contribution in [1.82, 2.24) is 25.2 Å². The molecule has 2 atom stereocenters. The number of anilines is 1. The smallest absolute Gasteiger partial charge is 0.319 e. The summed E-state index contributed by atoms with van der Waals surface area (Å²) < 4.78 is 22.9. The molecule has 0 aliphatic carbocycles. The van der Waals surface area contributed by atoms with Crippen LogP contribution >= 0.6 is 11.6 Å². The normalized spacial score (nSPS) is 23.5. The molecule has 10 heteroatoms. The third-order valence-electron chi connectivity index (χ3n) is 9.42. The van der Waals surface area contributed by atoms with Gasteiger partial charge in [-0.05, 0) is 68.8 Å². The van der Waals surface area contributed by atoms with Gasteiger partial charge in [-0.1, -0.05) is 23.7 Å². The topological polar surface area (TPSA) is 86.6 Å². The van der Waals surface area contributed by atoms with Crippen molar-refractivity contribution < 1.29 is 14.2 Å². The summed E-state index contributed by atoms with van der Waals surface area (Å²) in [4.78, 5) is 18.9. The van der Waals surface area contributed by atoms with Crippen LogP contribution in [0.25, 0.3) is 32.9 Å². The van der Waals surface area contributed by atoms with E-state index >= 15 is 4.39 Å². The van der Waals surface area contributed by atoms with E-state index in [1.165, 1.54) is 18.9 Å². The summed E-state index contributed by atoms with van der Waals surface area (Å²) in [6.45, 7) is 4.36. The summed E-state index contributed by atoms with van der Waals surface area (Å²) in [5.41, 5.74) is 0.682. The first kappa shape index (κ1) is 24.5. The molecule has 0 amide bonds. The fraction of sp³-hybridized carbons (Fsp3) is 0.433. The number of pyridine rings is 1. The van der Waals surface area contributed by atoms with Gasteiger partial charge in [-0.15, -0.1) is 0 Å². The number of nitrogens with zero attached hydrogens (tertiary/aromatic N) is 5. The lowest BCUT2D eigenvalue weighted by molar-refractivity contribution is 0.108. The highest BCUT2D eigenvalue weighted by atomic mass is 35.5. The Morgan fingerprint density at radius 2 is 2.02 bits per heavy atom. The Morgan fingerprint density at radius 1 is 1.18 bits per heavy atom. The predicted molar refractivity (Wildman–Crippen MR) is 153 cm³/mol. The van der Waals surface area contributed by atoms with Crippen LogP contribution in [0.1, 0.15) is 32.1 Å². The van der Waals surface area contributed by atoms with Crippen LogP contribution in [0.15, 0.2) is 36.5 Å². The fourth-order valence-electron chi connectivity index (χ4n) is 7.53. The van der Waals surface area contributed by atoms with E-state index in [1.54, 1.807) is 24.4 Å². The minimum absolute atomic E-state index is 0.0102. The van der Waals surface area contributed by atoms with E-state index in [4.69, 9.17) is 21.3 Å². The Morgan fingerprint density at radius 3 is 2.80 bits per heavy atom. The molecule has 4 fully saturated rings. The molecule has 8 nitrogen and oxygen atoms in total. The number of hydrogen-bond donors (Lipinski definition) is 2. The van der Waals surface area contributed by atoms with Crippen LogP contribution in [-0.4, -0.2) is 75.4 Å². The number of hydrogen-bond acceptors (Lipinski definition) is 8. The number of phenolic OH excluding ortho intramolecular Hbond substituents is 1. The summed E-state index contributed by atoms with van der Waals surface area (Å²) in [6, 6.07) is 9.37. The van der Waals surface area contributed by atoms with E-state index in [1.807, 2.05) is 6.07 Å². The van der Waals surface area contributed by atoms with Crippen molar-refractivity contribution in [2.24, 2.45) is 0 Å². The molecule has 0 unspecified atom stereocenters. The largest absolute Gasteiger partial charge is 0.508 e. The van der Waals surface area contributed by atoms with E-state index in [9.17, 15) is 5.11 Å². The highest BCUT2D eigenvalue weighted by Gasteiger charge is 2.45. The number of aromatic nitrogens is 3. The van der Waals surface area contributed by atoms with Crippen molar-refractivity contribution in [1.29, 1.82) is 0 Å². The van der Waals surface area contributed by atoms with Gasteiger partial charge in [-0.2, -0.15) is 9.97 Å². The summed E-state index contributed by atoms with van der Waals surface area (Å²) in [5, 5.41) is 16.3. The molecule has 4 aliphatic heterocycles. The van der Waals surface area contributed by atoms with Gasteiger partial charge in [0.1, 0.15) is 29.4 Å². The molecule has 2 N–H and O–H groups in total. The molecule has 2 bridgehead atoms. The number of aromatic hydroxyl groups is 1. The van der Waals surface area contributed by atoms with E-state index in [0.717, 1.165) is 45.4 Å². The number of piperazine rings is 1. The van der Waals surface area contributed by atoms with Gasteiger partial charge in [0.2, 0.25) is 0 Å². The van der Waals surface area contributed by atoms with Gasteiger partial charge in [-0.3, -0.25) is 9.88 Å². The Bertz CT molecular complexity index is 1660. The van der Waals surface area contributed by atoms with Crippen molar-refractivity contribution in [2.75, 3.05) is 37.7 Å². The molecule has 6 heterocycles. The molecule has 4 aromatic rings. The monoisotopic (exact) mass is 560 g/mol. The van der Waals surface area contributed by atoms with Gasteiger partial charge in [0.05, 0.1) is 10.9 Å². The molecule has 206 valence electrons. The Kier molecular flexibility index (Phi) is 5.59. The van der Waals surface area contributed by atoms with Crippen molar-refractivity contribution in [3.8, 4) is 23.0 Å². The lowest BCUT2D eigenvalue weighted by atomic mass is 9.95. The van der Waals surface area contributed by atoms with E-state index in [0.29, 0.717) is 45.2 Å². The van der Waals surface area contributed by atoms with Crippen LogP contribution < -0.4 is 15.0 Å². The Labute approximate surface area is 236 Å². The third-order valence-corrected chi connectivity index (χ3v) is 9.73. The van der Waals surface area contributed by atoms with Crippen LogP contribution in [-0.2, 0) is 0 Å². The van der Waals surface area contributed by atoms with Gasteiger partial charge in [0.15, 0.2) is 5.82 Å². The SMILES string of the molecule is Oc1cc(-c2ncc3c(N4C[C@H]5C[C@@H]4CN5)nc(OCC45CCCN4CCC5)nc3c2F)c2c(Cl)cccc2c1. The van der Waals surface area contributed by atoms with Gasteiger partial charge in [0, 0.05) is 47.3 Å². The molecule has 40 heavy (non-hydrogen) atoms. The standard InChI is InChI=1S/C30H30ClFN6O2/c31-23-5-1-4-17-10-20(39)12-21(24(17)23)26-25(32)27-22(14-34-26)28(38-15-18-11-19(38)13-33-18)36-29(35-27)40-16-30-6-2-8-37(30)9-3-7-30/h1,4-5,10,12,14,18-19,33,39H,2-3,6-9,11,13,15-16H2/t18-,19-/m1/s1. The van der Waals surface area contributed by atoms with Crippen molar-refractivity contribution in [2.45, 2.75) is 49.7 Å². The fourth-order valence-corrected chi connectivity index (χ4v) is 7.81. The zero-order valence-corrected chi connectivity index (χ0v) is 22.8. The number of halogens is 2. The average Bonchev–Trinajstić information content (AvgIpc) is 3.73. The number of ether oxygens (including phenoxy) is 1. The number of rotatable bonds is 5. The number of fused-ring (bicyclic) bond motifs is 5. The van der Waals surface area contributed by atoms with Crippen LogP contribution in [0, 0.1) is 5.82 Å². The summed E-state index contributed by atoms with van der Waals surface area (Å²) in [7, 11) is 0. The molecule has 8 rings (SSSR count). The van der Waals surface area contributed by atoms with Gasteiger partial charge in [-0.25, -0.2) is 4.39 Å². The zero-order valence-electron chi connectivity index (χ0n) is 22.0. The van der Waals surface area contributed by atoms with Crippen molar-refractivity contribution in [3.05, 3.63) is 47.4 Å². The number of nitrogens with one attached hydrogen (secondary N) is 1. The highest BCUT2D eigenvalue weighted by molar-refractivity contribution is 6.36.